The summed E-state index contributed by atoms with van der Waals surface area (Å²) in [6, 6.07) is -0.0117. The molecule has 2 heterocycles. The Morgan fingerprint density at radius 1 is 1.50 bits per heavy atom. The van der Waals surface area contributed by atoms with Crippen LogP contribution in [0.2, 0.25) is 0 Å². The maximum absolute atomic E-state index is 12.4. The number of rotatable bonds is 4. The molecule has 2 fully saturated rings. The van der Waals surface area contributed by atoms with Crippen LogP contribution in [0.5, 0.6) is 0 Å². The van der Waals surface area contributed by atoms with Crippen LogP contribution in [0.4, 0.5) is 0 Å². The molecule has 0 aromatic rings. The van der Waals surface area contributed by atoms with Crippen molar-refractivity contribution in [3.05, 3.63) is 0 Å². The highest BCUT2D eigenvalue weighted by molar-refractivity contribution is 5.84. The van der Waals surface area contributed by atoms with E-state index in [4.69, 9.17) is 4.74 Å². The van der Waals surface area contributed by atoms with Gasteiger partial charge in [-0.1, -0.05) is 20.8 Å². The summed E-state index contributed by atoms with van der Waals surface area (Å²) in [4.78, 5) is 14.4. The van der Waals surface area contributed by atoms with Crippen molar-refractivity contribution in [1.82, 2.24) is 10.2 Å². The third kappa shape index (κ3) is 2.54. The topological polar surface area (TPSA) is 41.6 Å². The first-order valence-electron chi connectivity index (χ1n) is 7.22. The van der Waals surface area contributed by atoms with Crippen molar-refractivity contribution in [3.8, 4) is 0 Å². The molecule has 4 atom stereocenters. The maximum atomic E-state index is 12.4. The number of carbonyl (C=O) groups is 1. The summed E-state index contributed by atoms with van der Waals surface area (Å²) in [5, 5.41) is 3.40. The standard InChI is InChI=1S/C14H26N2O2/c1-5-12-11(6-7-18-12)8-16-10(4)15-13(9(2)3)14(16)17/h9-13,15H,5-8H2,1-4H3. The summed E-state index contributed by atoms with van der Waals surface area (Å²) < 4.78 is 5.71. The van der Waals surface area contributed by atoms with E-state index in [0.717, 1.165) is 26.0 Å². The van der Waals surface area contributed by atoms with Gasteiger partial charge in [-0.05, 0) is 25.7 Å². The van der Waals surface area contributed by atoms with Gasteiger partial charge in [0.05, 0.1) is 18.3 Å². The highest BCUT2D eigenvalue weighted by Gasteiger charge is 2.40. The molecule has 2 rings (SSSR count). The van der Waals surface area contributed by atoms with Gasteiger partial charge in [0.2, 0.25) is 5.91 Å². The minimum Gasteiger partial charge on any atom is -0.378 e. The van der Waals surface area contributed by atoms with Crippen LogP contribution in [-0.2, 0) is 9.53 Å². The largest absolute Gasteiger partial charge is 0.378 e. The van der Waals surface area contributed by atoms with Gasteiger partial charge in [0.1, 0.15) is 0 Å². The van der Waals surface area contributed by atoms with E-state index < -0.39 is 0 Å². The van der Waals surface area contributed by atoms with Gasteiger partial charge in [-0.25, -0.2) is 0 Å². The molecule has 0 aliphatic carbocycles. The Bertz CT molecular complexity index is 306. The monoisotopic (exact) mass is 254 g/mol. The first kappa shape index (κ1) is 13.8. The van der Waals surface area contributed by atoms with E-state index in [1.165, 1.54) is 0 Å². The van der Waals surface area contributed by atoms with Crippen molar-refractivity contribution < 1.29 is 9.53 Å². The number of carbonyl (C=O) groups excluding carboxylic acids is 1. The van der Waals surface area contributed by atoms with Crippen molar-refractivity contribution >= 4 is 5.91 Å². The van der Waals surface area contributed by atoms with Crippen LogP contribution in [0.25, 0.3) is 0 Å². The number of nitrogens with zero attached hydrogens (tertiary/aromatic N) is 1. The molecule has 0 aromatic carbocycles. The third-order valence-electron chi connectivity index (χ3n) is 4.28. The molecule has 0 bridgehead atoms. The van der Waals surface area contributed by atoms with Crippen LogP contribution in [0.15, 0.2) is 0 Å². The summed E-state index contributed by atoms with van der Waals surface area (Å²) in [6.07, 6.45) is 2.62. The van der Waals surface area contributed by atoms with Gasteiger partial charge >= 0.3 is 0 Å². The van der Waals surface area contributed by atoms with Gasteiger partial charge in [-0.3, -0.25) is 10.1 Å². The Labute approximate surface area is 110 Å². The highest BCUT2D eigenvalue weighted by Crippen LogP contribution is 2.27. The Morgan fingerprint density at radius 3 is 2.78 bits per heavy atom. The number of ether oxygens (including phenoxy) is 1. The molecule has 1 N–H and O–H groups in total. The van der Waals surface area contributed by atoms with Crippen LogP contribution in [0.1, 0.15) is 40.5 Å². The van der Waals surface area contributed by atoms with E-state index in [9.17, 15) is 4.79 Å². The quantitative estimate of drug-likeness (QED) is 0.828. The Morgan fingerprint density at radius 2 is 2.22 bits per heavy atom. The zero-order valence-electron chi connectivity index (χ0n) is 12.0. The van der Waals surface area contributed by atoms with Crippen molar-refractivity contribution in [2.24, 2.45) is 11.8 Å². The van der Waals surface area contributed by atoms with Crippen molar-refractivity contribution in [2.75, 3.05) is 13.2 Å². The molecular formula is C14H26N2O2. The first-order valence-corrected chi connectivity index (χ1v) is 7.22. The summed E-state index contributed by atoms with van der Waals surface area (Å²) >= 11 is 0. The fourth-order valence-electron chi connectivity index (χ4n) is 3.12. The first-order chi connectivity index (χ1) is 8.54. The smallest absolute Gasteiger partial charge is 0.241 e. The molecule has 4 heteroatoms. The van der Waals surface area contributed by atoms with E-state index in [-0.39, 0.29) is 18.1 Å². The summed E-state index contributed by atoms with van der Waals surface area (Å²) in [7, 11) is 0. The Balaban J connectivity index is 1.98. The average Bonchev–Trinajstić information content (AvgIpc) is 2.88. The van der Waals surface area contributed by atoms with E-state index in [0.29, 0.717) is 17.9 Å². The predicted octanol–water partition coefficient (Wildman–Crippen LogP) is 1.60. The molecule has 0 spiro atoms. The molecule has 2 aliphatic heterocycles. The van der Waals surface area contributed by atoms with Crippen LogP contribution in [-0.4, -0.2) is 42.3 Å². The Kier molecular flexibility index (Phi) is 4.28. The second kappa shape index (κ2) is 5.57. The minimum absolute atomic E-state index is 0.0117. The van der Waals surface area contributed by atoms with Crippen LogP contribution in [0, 0.1) is 11.8 Å². The van der Waals surface area contributed by atoms with Gasteiger partial charge in [0.25, 0.3) is 0 Å². The third-order valence-corrected chi connectivity index (χ3v) is 4.28. The number of amides is 1. The molecule has 2 saturated heterocycles. The van der Waals surface area contributed by atoms with Crippen molar-refractivity contribution in [2.45, 2.75) is 58.8 Å². The van der Waals surface area contributed by atoms with Gasteiger partial charge in [-0.15, -0.1) is 0 Å². The van der Waals surface area contributed by atoms with Crippen molar-refractivity contribution in [1.29, 1.82) is 0 Å². The van der Waals surface area contributed by atoms with Crippen LogP contribution >= 0.6 is 0 Å². The lowest BCUT2D eigenvalue weighted by molar-refractivity contribution is -0.131. The van der Waals surface area contributed by atoms with Gasteiger partial charge in [-0.2, -0.15) is 0 Å². The molecule has 0 radical (unpaired) electrons. The lowest BCUT2D eigenvalue weighted by Crippen LogP contribution is -2.40. The SMILES string of the molecule is CCC1OCCC1CN1C(=O)C(C(C)C)NC1C. The lowest BCUT2D eigenvalue weighted by atomic mass is 9.98. The van der Waals surface area contributed by atoms with Crippen LogP contribution in [0.3, 0.4) is 0 Å². The fourth-order valence-corrected chi connectivity index (χ4v) is 3.12. The van der Waals surface area contributed by atoms with E-state index >= 15 is 0 Å². The number of hydrogen-bond donors (Lipinski definition) is 1. The van der Waals surface area contributed by atoms with Crippen LogP contribution < -0.4 is 5.32 Å². The predicted molar refractivity (Wildman–Crippen MR) is 71.1 cm³/mol. The van der Waals surface area contributed by atoms with E-state index in [1.807, 2.05) is 4.90 Å². The second-order valence-corrected chi connectivity index (χ2v) is 5.92. The molecular weight excluding hydrogens is 228 g/mol. The van der Waals surface area contributed by atoms with Gasteiger partial charge in [0, 0.05) is 19.1 Å². The maximum Gasteiger partial charge on any atom is 0.241 e. The molecule has 0 saturated carbocycles. The van der Waals surface area contributed by atoms with Gasteiger partial charge in [0.15, 0.2) is 0 Å². The molecule has 0 aromatic heterocycles. The van der Waals surface area contributed by atoms with Crippen molar-refractivity contribution in [3.63, 3.8) is 0 Å². The summed E-state index contributed by atoms with van der Waals surface area (Å²) in [5.74, 6) is 1.13. The molecule has 104 valence electrons. The number of nitrogens with one attached hydrogen (secondary N) is 1. The van der Waals surface area contributed by atoms with E-state index in [2.05, 4.69) is 33.0 Å². The zero-order chi connectivity index (χ0) is 13.3. The molecule has 4 nitrogen and oxygen atoms in total. The molecule has 4 unspecified atom stereocenters. The molecule has 2 aliphatic rings. The average molecular weight is 254 g/mol. The minimum atomic E-state index is -0.0117. The lowest BCUT2D eigenvalue weighted by Gasteiger charge is -2.26. The summed E-state index contributed by atoms with van der Waals surface area (Å²) in [6.45, 7) is 10.1. The highest BCUT2D eigenvalue weighted by atomic mass is 16.5. The normalized spacial score (nSPS) is 36.9. The molecule has 1 amide bonds. The Hall–Kier alpha value is -0.610. The fraction of sp³-hybridized carbons (Fsp3) is 0.929. The zero-order valence-corrected chi connectivity index (χ0v) is 12.0. The number of hydrogen-bond acceptors (Lipinski definition) is 3. The van der Waals surface area contributed by atoms with E-state index in [1.54, 1.807) is 0 Å². The molecule has 18 heavy (non-hydrogen) atoms. The second-order valence-electron chi connectivity index (χ2n) is 5.92. The van der Waals surface area contributed by atoms with Gasteiger partial charge < -0.3 is 9.64 Å². The summed E-state index contributed by atoms with van der Waals surface area (Å²) in [5.41, 5.74) is 0.